The van der Waals surface area contributed by atoms with Crippen LogP contribution in [-0.4, -0.2) is 35.6 Å². The zero-order chi connectivity index (χ0) is 17.8. The number of rotatable bonds is 5. The summed E-state index contributed by atoms with van der Waals surface area (Å²) in [5.41, 5.74) is 2.02. The first-order chi connectivity index (χ1) is 12.1. The van der Waals surface area contributed by atoms with E-state index in [1.54, 1.807) is 25.4 Å². The smallest absolute Gasteiger partial charge is 0.322 e. The normalized spacial score (nSPS) is 10.4. The Balaban J connectivity index is 1.83. The molecule has 0 saturated heterocycles. The van der Waals surface area contributed by atoms with Crippen LogP contribution in [0.15, 0.2) is 54.7 Å². The Kier molecular flexibility index (Phi) is 4.61. The Hall–Kier alpha value is -3.41. The number of hydrogen-bond donors (Lipinski definition) is 2. The number of methoxy groups -OCH3 is 1. The van der Waals surface area contributed by atoms with Gasteiger partial charge in [-0.05, 0) is 40.6 Å². The van der Waals surface area contributed by atoms with E-state index in [0.29, 0.717) is 0 Å². The molecule has 0 spiro atoms. The number of nitrogens with zero attached hydrogens (tertiary/aromatic N) is 1. The Morgan fingerprint density at radius 3 is 2.44 bits per heavy atom. The lowest BCUT2D eigenvalue weighted by Gasteiger charge is -2.07. The van der Waals surface area contributed by atoms with Crippen molar-refractivity contribution in [1.82, 2.24) is 10.3 Å². The van der Waals surface area contributed by atoms with Gasteiger partial charge in [-0.25, -0.2) is 0 Å². The molecular formula is C19H16N2O4. The lowest BCUT2D eigenvalue weighted by Crippen LogP contribution is -2.29. The van der Waals surface area contributed by atoms with E-state index in [9.17, 15) is 9.59 Å². The summed E-state index contributed by atoms with van der Waals surface area (Å²) in [6, 6.07) is 15.2. The first-order valence-corrected chi connectivity index (χ1v) is 7.61. The number of carbonyl (C=O) groups excluding carboxylic acids is 1. The van der Waals surface area contributed by atoms with E-state index in [4.69, 9.17) is 9.84 Å². The fraction of sp³-hybridized carbons (Fsp3) is 0.105. The highest BCUT2D eigenvalue weighted by atomic mass is 16.5. The van der Waals surface area contributed by atoms with E-state index < -0.39 is 18.4 Å². The summed E-state index contributed by atoms with van der Waals surface area (Å²) in [5.74, 6) is -0.809. The van der Waals surface area contributed by atoms with Crippen LogP contribution in [0, 0.1) is 0 Å². The van der Waals surface area contributed by atoms with Gasteiger partial charge in [0.15, 0.2) is 0 Å². The lowest BCUT2D eigenvalue weighted by atomic mass is 10.0. The molecule has 25 heavy (non-hydrogen) atoms. The first-order valence-electron chi connectivity index (χ1n) is 7.61. The van der Waals surface area contributed by atoms with Crippen molar-refractivity contribution >= 4 is 22.6 Å². The van der Waals surface area contributed by atoms with Gasteiger partial charge in [0.2, 0.25) is 0 Å². The molecule has 2 N–H and O–H groups in total. The number of carboxylic acids is 1. The van der Waals surface area contributed by atoms with E-state index in [2.05, 4.69) is 10.3 Å². The first kappa shape index (κ1) is 16.4. The Morgan fingerprint density at radius 2 is 1.76 bits per heavy atom. The number of carbonyl (C=O) groups is 2. The molecule has 1 amide bonds. The highest BCUT2D eigenvalue weighted by Crippen LogP contribution is 2.26. The Morgan fingerprint density at radius 1 is 1.04 bits per heavy atom. The highest BCUT2D eigenvalue weighted by molar-refractivity contribution is 5.94. The highest BCUT2D eigenvalue weighted by Gasteiger charge is 2.09. The Bertz CT molecular complexity index is 936. The number of amides is 1. The molecule has 3 aromatic rings. The van der Waals surface area contributed by atoms with Crippen molar-refractivity contribution in [2.24, 2.45) is 0 Å². The van der Waals surface area contributed by atoms with Gasteiger partial charge in [-0.15, -0.1) is 0 Å². The molecule has 126 valence electrons. The molecule has 0 aliphatic carbocycles. The zero-order valence-corrected chi connectivity index (χ0v) is 13.5. The van der Waals surface area contributed by atoms with Crippen molar-refractivity contribution in [1.29, 1.82) is 0 Å². The van der Waals surface area contributed by atoms with Crippen LogP contribution >= 0.6 is 0 Å². The average Bonchev–Trinajstić information content (AvgIpc) is 2.65. The maximum Gasteiger partial charge on any atom is 0.322 e. The molecule has 6 heteroatoms. The number of ether oxygens (including phenoxy) is 1. The summed E-state index contributed by atoms with van der Waals surface area (Å²) < 4.78 is 5.22. The van der Waals surface area contributed by atoms with Gasteiger partial charge in [0.05, 0.1) is 7.11 Å². The molecule has 0 saturated carbocycles. The minimum Gasteiger partial charge on any atom is -0.497 e. The molecule has 6 nitrogen and oxygen atoms in total. The van der Waals surface area contributed by atoms with Crippen molar-refractivity contribution in [3.8, 4) is 16.9 Å². The standard InChI is InChI=1S/C19H16N2O4/c1-25-16-6-4-12-8-13(2-3-14(12)9-16)15-5-7-17(20-10-15)19(24)21-11-18(22)23/h2-10H,11H2,1H3,(H,21,24)(H,22,23). The number of aromatic nitrogens is 1. The van der Waals surface area contributed by atoms with Gasteiger partial charge >= 0.3 is 5.97 Å². The van der Waals surface area contributed by atoms with Crippen LogP contribution < -0.4 is 10.1 Å². The molecular weight excluding hydrogens is 320 g/mol. The van der Waals surface area contributed by atoms with Crippen molar-refractivity contribution in [3.63, 3.8) is 0 Å². The summed E-state index contributed by atoms with van der Waals surface area (Å²) in [7, 11) is 1.63. The Labute approximate surface area is 144 Å². The van der Waals surface area contributed by atoms with Gasteiger partial charge in [-0.1, -0.05) is 24.3 Å². The van der Waals surface area contributed by atoms with Crippen LogP contribution in [0.25, 0.3) is 21.9 Å². The molecule has 0 radical (unpaired) electrons. The van der Waals surface area contributed by atoms with Gasteiger partial charge in [0.1, 0.15) is 18.0 Å². The largest absolute Gasteiger partial charge is 0.497 e. The fourth-order valence-electron chi connectivity index (χ4n) is 2.48. The van der Waals surface area contributed by atoms with E-state index in [-0.39, 0.29) is 5.69 Å². The number of benzene rings is 2. The van der Waals surface area contributed by atoms with Gasteiger partial charge in [0.25, 0.3) is 5.91 Å². The molecule has 0 fully saturated rings. The molecule has 0 atom stereocenters. The third-order valence-electron chi connectivity index (χ3n) is 3.78. The minimum atomic E-state index is -1.10. The SMILES string of the molecule is COc1ccc2cc(-c3ccc(C(=O)NCC(=O)O)nc3)ccc2c1. The minimum absolute atomic E-state index is 0.176. The van der Waals surface area contributed by atoms with Crippen LogP contribution in [0.4, 0.5) is 0 Å². The molecule has 0 aliphatic rings. The third-order valence-corrected chi connectivity index (χ3v) is 3.78. The van der Waals surface area contributed by atoms with Crippen molar-refractivity contribution in [2.45, 2.75) is 0 Å². The monoisotopic (exact) mass is 336 g/mol. The molecule has 0 aliphatic heterocycles. The van der Waals surface area contributed by atoms with Crippen LogP contribution in [0.5, 0.6) is 5.75 Å². The summed E-state index contributed by atoms with van der Waals surface area (Å²) in [6.07, 6.45) is 1.60. The fourth-order valence-corrected chi connectivity index (χ4v) is 2.48. The predicted molar refractivity (Wildman–Crippen MR) is 93.7 cm³/mol. The summed E-state index contributed by atoms with van der Waals surface area (Å²) in [6.45, 7) is -0.434. The van der Waals surface area contributed by atoms with Crippen molar-refractivity contribution in [3.05, 3.63) is 60.4 Å². The number of carboxylic acid groups (broad SMARTS) is 1. The van der Waals surface area contributed by atoms with Crippen molar-refractivity contribution < 1.29 is 19.4 Å². The molecule has 0 unspecified atom stereocenters. The van der Waals surface area contributed by atoms with Crippen LogP contribution in [0.3, 0.4) is 0 Å². The van der Waals surface area contributed by atoms with Gasteiger partial charge in [0, 0.05) is 11.8 Å². The molecule has 2 aromatic carbocycles. The second-order valence-corrected chi connectivity index (χ2v) is 5.44. The summed E-state index contributed by atoms with van der Waals surface area (Å²) in [4.78, 5) is 26.4. The lowest BCUT2D eigenvalue weighted by molar-refractivity contribution is -0.135. The number of fused-ring (bicyclic) bond motifs is 1. The number of hydrogen-bond acceptors (Lipinski definition) is 4. The zero-order valence-electron chi connectivity index (χ0n) is 13.5. The molecule has 0 bridgehead atoms. The quantitative estimate of drug-likeness (QED) is 0.748. The predicted octanol–water partition coefficient (Wildman–Crippen LogP) is 2.72. The second-order valence-electron chi connectivity index (χ2n) is 5.44. The summed E-state index contributed by atoms with van der Waals surface area (Å²) in [5, 5.41) is 13.0. The van der Waals surface area contributed by atoms with Crippen molar-refractivity contribution in [2.75, 3.05) is 13.7 Å². The summed E-state index contributed by atoms with van der Waals surface area (Å²) >= 11 is 0. The number of pyridine rings is 1. The van der Waals surface area contributed by atoms with E-state index >= 15 is 0 Å². The van der Waals surface area contributed by atoms with E-state index in [1.807, 2.05) is 36.4 Å². The topological polar surface area (TPSA) is 88.5 Å². The third kappa shape index (κ3) is 3.74. The van der Waals surface area contributed by atoms with Crippen LogP contribution in [-0.2, 0) is 4.79 Å². The molecule has 1 heterocycles. The molecule has 1 aromatic heterocycles. The van der Waals surface area contributed by atoms with Gasteiger partial charge in [-0.2, -0.15) is 0 Å². The number of aliphatic carboxylic acids is 1. The van der Waals surface area contributed by atoms with Crippen LogP contribution in [0.1, 0.15) is 10.5 Å². The maximum atomic E-state index is 11.8. The van der Waals surface area contributed by atoms with E-state index in [0.717, 1.165) is 27.6 Å². The average molecular weight is 336 g/mol. The molecule has 3 rings (SSSR count). The second kappa shape index (κ2) is 7.00. The van der Waals surface area contributed by atoms with E-state index in [1.165, 1.54) is 0 Å². The maximum absolute atomic E-state index is 11.8. The van der Waals surface area contributed by atoms with Crippen LogP contribution in [0.2, 0.25) is 0 Å². The number of nitrogens with one attached hydrogen (secondary N) is 1. The van der Waals surface area contributed by atoms with Gasteiger partial charge < -0.3 is 15.2 Å². The van der Waals surface area contributed by atoms with Gasteiger partial charge in [-0.3, -0.25) is 14.6 Å².